The van der Waals surface area contributed by atoms with Crippen LogP contribution in [0.4, 0.5) is 5.69 Å². The summed E-state index contributed by atoms with van der Waals surface area (Å²) in [5.74, 6) is 1.11. The lowest BCUT2D eigenvalue weighted by atomic mass is 10.2. The number of nitrogens with one attached hydrogen (secondary N) is 1. The van der Waals surface area contributed by atoms with E-state index >= 15 is 0 Å². The van der Waals surface area contributed by atoms with Crippen LogP contribution in [0.5, 0.6) is 5.75 Å². The van der Waals surface area contributed by atoms with Crippen LogP contribution in [0.25, 0.3) is 0 Å². The molecule has 1 amide bonds. The minimum atomic E-state index is 0.170. The van der Waals surface area contributed by atoms with Crippen molar-refractivity contribution >= 4 is 11.6 Å². The lowest BCUT2D eigenvalue weighted by Gasteiger charge is -2.35. The Balaban J connectivity index is 1.55. The summed E-state index contributed by atoms with van der Waals surface area (Å²) in [5.41, 5.74) is 1.20. The fraction of sp³-hybridized carbons (Fsp3) is 0.562. The van der Waals surface area contributed by atoms with Crippen LogP contribution >= 0.6 is 0 Å². The quantitative estimate of drug-likeness (QED) is 0.905. The second-order valence-corrected chi connectivity index (χ2v) is 5.72. The largest absolute Gasteiger partial charge is 0.489 e. The Bertz CT molecular complexity index is 475. The molecule has 5 nitrogen and oxygen atoms in total. The van der Waals surface area contributed by atoms with E-state index in [0.29, 0.717) is 6.10 Å². The molecule has 1 aromatic rings. The molecule has 0 bridgehead atoms. The van der Waals surface area contributed by atoms with Crippen molar-refractivity contribution in [1.82, 2.24) is 10.2 Å². The molecular weight excluding hydrogens is 266 g/mol. The molecule has 1 atom stereocenters. The number of hydrogen-bond acceptors (Lipinski definition) is 4. The van der Waals surface area contributed by atoms with Crippen LogP contribution in [0.2, 0.25) is 0 Å². The van der Waals surface area contributed by atoms with Crippen molar-refractivity contribution in [3.05, 3.63) is 24.3 Å². The van der Waals surface area contributed by atoms with Gasteiger partial charge in [-0.2, -0.15) is 0 Å². The number of hydrogen-bond donors (Lipinski definition) is 1. The fourth-order valence-electron chi connectivity index (χ4n) is 2.94. The Kier molecular flexibility index (Phi) is 4.29. The smallest absolute Gasteiger partial charge is 0.219 e. The molecule has 3 rings (SSSR count). The third-order valence-corrected chi connectivity index (χ3v) is 4.24. The zero-order chi connectivity index (χ0) is 14.7. The van der Waals surface area contributed by atoms with Crippen LogP contribution < -0.4 is 15.0 Å². The average molecular weight is 289 g/mol. The van der Waals surface area contributed by atoms with Gasteiger partial charge in [-0.1, -0.05) is 0 Å². The van der Waals surface area contributed by atoms with E-state index in [1.165, 1.54) is 5.69 Å². The number of carbonyl (C=O) groups excluding carboxylic acids is 1. The highest BCUT2D eigenvalue weighted by Crippen LogP contribution is 2.22. The van der Waals surface area contributed by atoms with E-state index in [9.17, 15) is 4.79 Å². The van der Waals surface area contributed by atoms with Gasteiger partial charge >= 0.3 is 0 Å². The monoisotopic (exact) mass is 289 g/mol. The van der Waals surface area contributed by atoms with Gasteiger partial charge in [-0.15, -0.1) is 0 Å². The number of rotatable bonds is 3. The molecule has 1 aromatic carbocycles. The fourth-order valence-corrected chi connectivity index (χ4v) is 2.94. The van der Waals surface area contributed by atoms with E-state index in [4.69, 9.17) is 4.74 Å². The molecule has 0 aromatic heterocycles. The van der Waals surface area contributed by atoms with Gasteiger partial charge in [0.05, 0.1) is 0 Å². The predicted molar refractivity (Wildman–Crippen MR) is 82.8 cm³/mol. The first kappa shape index (κ1) is 14.2. The van der Waals surface area contributed by atoms with Gasteiger partial charge in [0.25, 0.3) is 0 Å². The average Bonchev–Trinajstić information content (AvgIpc) is 3.01. The topological polar surface area (TPSA) is 44.8 Å². The first-order valence-corrected chi connectivity index (χ1v) is 7.70. The number of ether oxygens (including phenoxy) is 1. The number of amides is 1. The maximum Gasteiger partial charge on any atom is 0.219 e. The first-order chi connectivity index (χ1) is 10.2. The Morgan fingerprint density at radius 3 is 2.48 bits per heavy atom. The minimum Gasteiger partial charge on any atom is -0.489 e. The van der Waals surface area contributed by atoms with Gasteiger partial charge < -0.3 is 19.9 Å². The first-order valence-electron chi connectivity index (χ1n) is 7.70. The van der Waals surface area contributed by atoms with Gasteiger partial charge in [-0.25, -0.2) is 0 Å². The molecule has 5 heteroatoms. The highest BCUT2D eigenvalue weighted by Gasteiger charge is 2.19. The summed E-state index contributed by atoms with van der Waals surface area (Å²) in [6.45, 7) is 7.03. The molecule has 2 fully saturated rings. The molecule has 0 unspecified atom stereocenters. The van der Waals surface area contributed by atoms with Gasteiger partial charge in [-0.05, 0) is 37.2 Å². The summed E-state index contributed by atoms with van der Waals surface area (Å²) in [4.78, 5) is 15.6. The van der Waals surface area contributed by atoms with Crippen LogP contribution in [0.15, 0.2) is 24.3 Å². The second-order valence-electron chi connectivity index (χ2n) is 5.72. The second kappa shape index (κ2) is 6.35. The zero-order valence-corrected chi connectivity index (χ0v) is 12.5. The van der Waals surface area contributed by atoms with Gasteiger partial charge in [-0.3, -0.25) is 4.79 Å². The lowest BCUT2D eigenvalue weighted by Crippen LogP contribution is -2.48. The van der Waals surface area contributed by atoms with Crippen molar-refractivity contribution in [2.24, 2.45) is 0 Å². The molecule has 0 aliphatic carbocycles. The Hall–Kier alpha value is -1.75. The molecule has 1 N–H and O–H groups in total. The van der Waals surface area contributed by atoms with Crippen molar-refractivity contribution in [3.63, 3.8) is 0 Å². The van der Waals surface area contributed by atoms with Crippen molar-refractivity contribution < 1.29 is 9.53 Å². The van der Waals surface area contributed by atoms with Crippen molar-refractivity contribution in [2.75, 3.05) is 44.2 Å². The van der Waals surface area contributed by atoms with Crippen molar-refractivity contribution in [2.45, 2.75) is 19.4 Å². The molecule has 0 radical (unpaired) electrons. The number of benzene rings is 1. The third-order valence-electron chi connectivity index (χ3n) is 4.24. The number of piperazine rings is 1. The van der Waals surface area contributed by atoms with Crippen LogP contribution in [0.1, 0.15) is 13.3 Å². The summed E-state index contributed by atoms with van der Waals surface area (Å²) in [6.07, 6.45) is 1.38. The molecule has 114 valence electrons. The van der Waals surface area contributed by atoms with E-state index in [0.717, 1.165) is 51.4 Å². The van der Waals surface area contributed by atoms with E-state index in [-0.39, 0.29) is 5.91 Å². The minimum absolute atomic E-state index is 0.170. The highest BCUT2D eigenvalue weighted by molar-refractivity contribution is 5.73. The molecule has 2 aliphatic heterocycles. The Labute approximate surface area is 125 Å². The lowest BCUT2D eigenvalue weighted by molar-refractivity contribution is -0.129. The summed E-state index contributed by atoms with van der Waals surface area (Å²) in [5, 5.41) is 3.30. The van der Waals surface area contributed by atoms with Gasteiger partial charge in [0.1, 0.15) is 11.9 Å². The van der Waals surface area contributed by atoms with Crippen LogP contribution in [0.3, 0.4) is 0 Å². The van der Waals surface area contributed by atoms with Crippen LogP contribution in [-0.2, 0) is 4.79 Å². The summed E-state index contributed by atoms with van der Waals surface area (Å²) in [7, 11) is 0. The molecule has 0 saturated carbocycles. The van der Waals surface area contributed by atoms with E-state index in [1.807, 2.05) is 17.0 Å². The molecule has 2 aliphatic rings. The van der Waals surface area contributed by atoms with Crippen molar-refractivity contribution in [3.8, 4) is 5.75 Å². The molecule has 0 spiro atoms. The number of nitrogens with zero attached hydrogens (tertiary/aromatic N) is 2. The maximum atomic E-state index is 11.3. The standard InChI is InChI=1S/C16H23N3O2/c1-13(20)18-8-10-19(11-9-18)14-2-4-15(5-3-14)21-16-6-7-17-12-16/h2-5,16-17H,6-12H2,1H3/t16-/m0/s1. The molecule has 21 heavy (non-hydrogen) atoms. The van der Waals surface area contributed by atoms with Crippen LogP contribution in [-0.4, -0.2) is 56.2 Å². The third kappa shape index (κ3) is 3.47. The van der Waals surface area contributed by atoms with Crippen molar-refractivity contribution in [1.29, 1.82) is 0 Å². The van der Waals surface area contributed by atoms with Gasteiger partial charge in [0.15, 0.2) is 0 Å². The maximum absolute atomic E-state index is 11.3. The Morgan fingerprint density at radius 1 is 1.19 bits per heavy atom. The predicted octanol–water partition coefficient (Wildman–Crippen LogP) is 1.10. The van der Waals surface area contributed by atoms with Gasteiger partial charge in [0.2, 0.25) is 5.91 Å². The molecule has 2 heterocycles. The number of anilines is 1. The molecule has 2 saturated heterocycles. The normalized spacial score (nSPS) is 22.4. The SMILES string of the molecule is CC(=O)N1CCN(c2ccc(O[C@H]3CCNC3)cc2)CC1. The Morgan fingerprint density at radius 2 is 1.90 bits per heavy atom. The van der Waals surface area contributed by atoms with E-state index in [1.54, 1.807) is 6.92 Å². The summed E-state index contributed by atoms with van der Waals surface area (Å²) < 4.78 is 5.93. The highest BCUT2D eigenvalue weighted by atomic mass is 16.5. The zero-order valence-electron chi connectivity index (χ0n) is 12.5. The number of carbonyl (C=O) groups is 1. The van der Waals surface area contributed by atoms with Gasteiger partial charge in [0, 0.05) is 45.3 Å². The van der Waals surface area contributed by atoms with E-state index < -0.39 is 0 Å². The molecular formula is C16H23N3O2. The summed E-state index contributed by atoms with van der Waals surface area (Å²) in [6, 6.07) is 8.32. The summed E-state index contributed by atoms with van der Waals surface area (Å²) >= 11 is 0. The van der Waals surface area contributed by atoms with E-state index in [2.05, 4.69) is 22.3 Å². The van der Waals surface area contributed by atoms with Crippen LogP contribution in [0, 0.1) is 0 Å².